The molecular weight excluding hydrogens is 197 g/mol. The fourth-order valence-corrected chi connectivity index (χ4v) is 1.29. The van der Waals surface area contributed by atoms with E-state index in [1.54, 1.807) is 6.07 Å². The first-order chi connectivity index (χ1) is 7.13. The minimum Gasteiger partial charge on any atom is -0.383 e. The van der Waals surface area contributed by atoms with Crippen LogP contribution in [0.25, 0.3) is 0 Å². The van der Waals surface area contributed by atoms with Crippen LogP contribution in [-0.4, -0.2) is 25.5 Å². The van der Waals surface area contributed by atoms with Crippen LogP contribution in [0.3, 0.4) is 0 Å². The van der Waals surface area contributed by atoms with Gasteiger partial charge in [-0.2, -0.15) is 0 Å². The molecule has 1 atom stereocenters. The Morgan fingerprint density at radius 3 is 2.93 bits per heavy atom. The van der Waals surface area contributed by atoms with Gasteiger partial charge in [-0.1, -0.05) is 12.1 Å². The van der Waals surface area contributed by atoms with E-state index < -0.39 is 5.82 Å². The van der Waals surface area contributed by atoms with E-state index in [1.165, 1.54) is 25.3 Å². The third-order valence-corrected chi connectivity index (χ3v) is 1.97. The molecule has 1 unspecified atom stereocenters. The van der Waals surface area contributed by atoms with Gasteiger partial charge in [-0.15, -0.1) is 0 Å². The Kier molecular flexibility index (Phi) is 4.39. The summed E-state index contributed by atoms with van der Waals surface area (Å²) in [6.45, 7) is 0.320. The lowest BCUT2D eigenvalue weighted by atomic mass is 10.0. The van der Waals surface area contributed by atoms with Crippen molar-refractivity contribution in [3.63, 3.8) is 0 Å². The van der Waals surface area contributed by atoms with Crippen LogP contribution in [-0.2, 0) is 4.74 Å². The number of hydrogen-bond donors (Lipinski definition) is 1. The lowest BCUT2D eigenvalue weighted by molar-refractivity contribution is 0.0949. The maximum atomic E-state index is 12.8. The number of ketones is 1. The fraction of sp³-hybridized carbons (Fsp3) is 0.364. The second-order valence-electron chi connectivity index (χ2n) is 3.35. The first-order valence-electron chi connectivity index (χ1n) is 4.66. The van der Waals surface area contributed by atoms with Gasteiger partial charge < -0.3 is 10.5 Å². The molecule has 15 heavy (non-hydrogen) atoms. The smallest absolute Gasteiger partial charge is 0.164 e. The third-order valence-electron chi connectivity index (χ3n) is 1.97. The van der Waals surface area contributed by atoms with Crippen molar-refractivity contribution in [3.05, 3.63) is 35.6 Å². The molecule has 1 aromatic carbocycles. The number of carbonyl (C=O) groups is 1. The van der Waals surface area contributed by atoms with Crippen LogP contribution in [0.5, 0.6) is 0 Å². The minimum absolute atomic E-state index is 0.164. The van der Waals surface area contributed by atoms with E-state index in [4.69, 9.17) is 10.5 Å². The molecule has 2 N–H and O–H groups in total. The van der Waals surface area contributed by atoms with Crippen molar-refractivity contribution in [1.82, 2.24) is 0 Å². The molecule has 0 aliphatic heterocycles. The first-order valence-corrected chi connectivity index (χ1v) is 4.66. The topological polar surface area (TPSA) is 52.3 Å². The molecule has 1 aromatic rings. The number of ether oxygens (including phenoxy) is 1. The third kappa shape index (κ3) is 3.77. The number of halogens is 1. The lowest BCUT2D eigenvalue weighted by Gasteiger charge is -2.09. The molecule has 0 radical (unpaired) electrons. The van der Waals surface area contributed by atoms with Gasteiger partial charge in [-0.3, -0.25) is 4.79 Å². The van der Waals surface area contributed by atoms with Crippen molar-refractivity contribution in [3.8, 4) is 0 Å². The van der Waals surface area contributed by atoms with Crippen molar-refractivity contribution in [2.45, 2.75) is 12.5 Å². The van der Waals surface area contributed by atoms with Gasteiger partial charge in [0.2, 0.25) is 0 Å². The quantitative estimate of drug-likeness (QED) is 0.748. The number of hydrogen-bond acceptors (Lipinski definition) is 3. The van der Waals surface area contributed by atoms with Crippen LogP contribution in [0.2, 0.25) is 0 Å². The molecule has 0 saturated heterocycles. The van der Waals surface area contributed by atoms with E-state index in [2.05, 4.69) is 0 Å². The van der Waals surface area contributed by atoms with Crippen molar-refractivity contribution < 1.29 is 13.9 Å². The number of nitrogens with two attached hydrogens (primary N) is 1. The molecule has 0 bridgehead atoms. The van der Waals surface area contributed by atoms with Gasteiger partial charge in [0.15, 0.2) is 5.78 Å². The summed E-state index contributed by atoms with van der Waals surface area (Å²) in [4.78, 5) is 11.6. The molecule has 0 heterocycles. The van der Waals surface area contributed by atoms with Crippen LogP contribution in [0.4, 0.5) is 4.39 Å². The largest absolute Gasteiger partial charge is 0.383 e. The predicted molar refractivity (Wildman–Crippen MR) is 55.2 cm³/mol. The average molecular weight is 211 g/mol. The maximum Gasteiger partial charge on any atom is 0.164 e. The highest BCUT2D eigenvalue weighted by Crippen LogP contribution is 2.07. The monoisotopic (exact) mass is 211 g/mol. The van der Waals surface area contributed by atoms with Crippen molar-refractivity contribution in [2.24, 2.45) is 5.73 Å². The van der Waals surface area contributed by atoms with Crippen LogP contribution >= 0.6 is 0 Å². The molecular formula is C11H14FNO2. The number of methoxy groups -OCH3 is 1. The zero-order valence-electron chi connectivity index (χ0n) is 8.57. The molecule has 0 fully saturated rings. The SMILES string of the molecule is COCC(N)CC(=O)c1cccc(F)c1. The second-order valence-corrected chi connectivity index (χ2v) is 3.35. The Bertz CT molecular complexity index is 341. The highest BCUT2D eigenvalue weighted by Gasteiger charge is 2.11. The maximum absolute atomic E-state index is 12.8. The second kappa shape index (κ2) is 5.58. The Balaban J connectivity index is 2.61. The summed E-state index contributed by atoms with van der Waals surface area (Å²) in [5, 5.41) is 0. The zero-order valence-corrected chi connectivity index (χ0v) is 8.57. The molecule has 0 saturated carbocycles. The van der Waals surface area contributed by atoms with Gasteiger partial charge in [0.25, 0.3) is 0 Å². The normalized spacial score (nSPS) is 12.5. The summed E-state index contributed by atoms with van der Waals surface area (Å²) in [5.74, 6) is -0.583. The van der Waals surface area contributed by atoms with Gasteiger partial charge in [0.1, 0.15) is 5.82 Å². The zero-order chi connectivity index (χ0) is 11.3. The van der Waals surface area contributed by atoms with E-state index in [9.17, 15) is 9.18 Å². The number of carbonyl (C=O) groups excluding carboxylic acids is 1. The summed E-state index contributed by atoms with van der Waals surface area (Å²) in [6, 6.07) is 5.24. The Morgan fingerprint density at radius 2 is 2.33 bits per heavy atom. The Hall–Kier alpha value is -1.26. The standard InChI is InChI=1S/C11H14FNO2/c1-15-7-10(13)6-11(14)8-3-2-4-9(12)5-8/h2-5,10H,6-7,13H2,1H3. The summed E-state index contributed by atoms with van der Waals surface area (Å²) in [6.07, 6.45) is 0.164. The van der Waals surface area contributed by atoms with Gasteiger partial charge in [-0.05, 0) is 12.1 Å². The molecule has 0 aliphatic carbocycles. The molecule has 3 nitrogen and oxygen atoms in total. The van der Waals surface area contributed by atoms with Crippen LogP contribution in [0.1, 0.15) is 16.8 Å². The number of Topliss-reactive ketones (excluding diaryl/α,β-unsaturated/α-hetero) is 1. The first kappa shape index (κ1) is 11.8. The molecule has 4 heteroatoms. The molecule has 0 aromatic heterocycles. The molecule has 0 amide bonds. The van der Waals surface area contributed by atoms with Gasteiger partial charge in [0, 0.05) is 25.1 Å². The van der Waals surface area contributed by atoms with E-state index in [1.807, 2.05) is 0 Å². The number of benzene rings is 1. The van der Waals surface area contributed by atoms with E-state index >= 15 is 0 Å². The summed E-state index contributed by atoms with van der Waals surface area (Å²) in [5.41, 5.74) is 5.97. The highest BCUT2D eigenvalue weighted by molar-refractivity contribution is 5.96. The molecule has 82 valence electrons. The molecule has 0 spiro atoms. The van der Waals surface area contributed by atoms with Gasteiger partial charge in [-0.25, -0.2) is 4.39 Å². The molecule has 1 rings (SSSR count). The molecule has 0 aliphatic rings. The van der Waals surface area contributed by atoms with Crippen LogP contribution in [0.15, 0.2) is 24.3 Å². The lowest BCUT2D eigenvalue weighted by Crippen LogP contribution is -2.28. The van der Waals surface area contributed by atoms with E-state index in [0.29, 0.717) is 12.2 Å². The van der Waals surface area contributed by atoms with E-state index in [-0.39, 0.29) is 18.2 Å². The van der Waals surface area contributed by atoms with Gasteiger partial charge >= 0.3 is 0 Å². The van der Waals surface area contributed by atoms with Crippen LogP contribution < -0.4 is 5.73 Å². The predicted octanol–water partition coefficient (Wildman–Crippen LogP) is 1.37. The van der Waals surface area contributed by atoms with E-state index in [0.717, 1.165) is 0 Å². The van der Waals surface area contributed by atoms with Crippen molar-refractivity contribution >= 4 is 5.78 Å². The summed E-state index contributed by atoms with van der Waals surface area (Å²) < 4.78 is 17.6. The van der Waals surface area contributed by atoms with Crippen molar-refractivity contribution in [1.29, 1.82) is 0 Å². The van der Waals surface area contributed by atoms with Gasteiger partial charge in [0.05, 0.1) is 6.61 Å². The Labute approximate surface area is 88.0 Å². The van der Waals surface area contributed by atoms with Crippen LogP contribution in [0, 0.1) is 5.82 Å². The Morgan fingerprint density at radius 1 is 1.60 bits per heavy atom. The fourth-order valence-electron chi connectivity index (χ4n) is 1.29. The summed E-state index contributed by atoms with van der Waals surface area (Å²) >= 11 is 0. The van der Waals surface area contributed by atoms with Crippen molar-refractivity contribution in [2.75, 3.05) is 13.7 Å². The summed E-state index contributed by atoms with van der Waals surface area (Å²) in [7, 11) is 1.52. The average Bonchev–Trinajstić information content (AvgIpc) is 2.18. The number of rotatable bonds is 5. The minimum atomic E-state index is -0.416. The highest BCUT2D eigenvalue weighted by atomic mass is 19.1.